The van der Waals surface area contributed by atoms with Crippen LogP contribution < -0.4 is 21.9 Å². The minimum Gasteiger partial charge on any atom is -0.459 e. The molecule has 4 rings (SSSR count). The highest BCUT2D eigenvalue weighted by Gasteiger charge is 2.13. The van der Waals surface area contributed by atoms with Crippen LogP contribution in [0.3, 0.4) is 0 Å². The van der Waals surface area contributed by atoms with Crippen LogP contribution in [0.4, 0.5) is 22.5 Å². The molecule has 0 aliphatic rings. The smallest absolute Gasteiger partial charge is 0.305 e. The Morgan fingerprint density at radius 3 is 2.77 bits per heavy atom. The molecule has 10 heteroatoms. The van der Waals surface area contributed by atoms with E-state index in [1.165, 1.54) is 23.9 Å². The van der Waals surface area contributed by atoms with Crippen molar-refractivity contribution in [2.24, 2.45) is 0 Å². The van der Waals surface area contributed by atoms with Crippen molar-refractivity contribution in [1.82, 2.24) is 20.4 Å². The molecule has 0 atom stereocenters. The number of hydrogen-bond acceptors (Lipinski definition) is 9. The number of anilines is 4. The summed E-state index contributed by atoms with van der Waals surface area (Å²) < 4.78 is 6.06. The van der Waals surface area contributed by atoms with Crippen LogP contribution >= 0.6 is 11.3 Å². The highest BCUT2D eigenvalue weighted by molar-refractivity contribution is 7.22. The van der Waals surface area contributed by atoms with Gasteiger partial charge in [-0.2, -0.15) is 0 Å². The van der Waals surface area contributed by atoms with Crippen molar-refractivity contribution in [2.75, 3.05) is 16.5 Å². The summed E-state index contributed by atoms with van der Waals surface area (Å²) >= 11 is 1.48. The van der Waals surface area contributed by atoms with Gasteiger partial charge in [0.1, 0.15) is 12.0 Å². The SMILES string of the molecule is Nc1c(NNC(=O)c2ccco2)ncnc1Nc1nc2ccccc2s1. The van der Waals surface area contributed by atoms with Crippen molar-refractivity contribution in [1.29, 1.82) is 0 Å². The quantitative estimate of drug-likeness (QED) is 0.396. The number of thiazole rings is 1. The minimum atomic E-state index is -0.450. The van der Waals surface area contributed by atoms with Gasteiger partial charge in [0.05, 0.1) is 16.5 Å². The molecule has 0 radical (unpaired) electrons. The molecule has 0 unspecified atom stereocenters. The number of carbonyl (C=O) groups excluding carboxylic acids is 1. The lowest BCUT2D eigenvalue weighted by Gasteiger charge is -2.11. The van der Waals surface area contributed by atoms with E-state index in [0.29, 0.717) is 10.9 Å². The van der Waals surface area contributed by atoms with Crippen molar-refractivity contribution in [3.63, 3.8) is 0 Å². The number of hydrazine groups is 1. The van der Waals surface area contributed by atoms with E-state index in [1.807, 2.05) is 24.3 Å². The van der Waals surface area contributed by atoms with E-state index in [9.17, 15) is 4.79 Å². The Balaban J connectivity index is 1.51. The second-order valence-electron chi connectivity index (χ2n) is 5.15. The average molecular weight is 367 g/mol. The number of nitrogens with zero attached hydrogens (tertiary/aromatic N) is 3. The Hall–Kier alpha value is -3.66. The van der Waals surface area contributed by atoms with E-state index in [0.717, 1.165) is 10.2 Å². The van der Waals surface area contributed by atoms with Gasteiger partial charge in [-0.1, -0.05) is 23.5 Å². The van der Waals surface area contributed by atoms with Gasteiger partial charge in [-0.15, -0.1) is 0 Å². The van der Waals surface area contributed by atoms with Gasteiger partial charge in [-0.3, -0.25) is 15.6 Å². The van der Waals surface area contributed by atoms with Crippen LogP contribution in [0.1, 0.15) is 10.6 Å². The Kier molecular flexibility index (Phi) is 4.07. The van der Waals surface area contributed by atoms with E-state index in [4.69, 9.17) is 10.2 Å². The van der Waals surface area contributed by atoms with Crippen LogP contribution in [0, 0.1) is 0 Å². The summed E-state index contributed by atoms with van der Waals surface area (Å²) in [4.78, 5) is 24.5. The number of para-hydroxylation sites is 1. The zero-order valence-corrected chi connectivity index (χ0v) is 14.1. The summed E-state index contributed by atoms with van der Waals surface area (Å²) in [6.45, 7) is 0. The molecule has 0 aliphatic carbocycles. The first-order valence-electron chi connectivity index (χ1n) is 7.53. The first-order valence-corrected chi connectivity index (χ1v) is 8.35. The third-order valence-corrected chi connectivity index (χ3v) is 4.39. The normalized spacial score (nSPS) is 10.6. The molecule has 0 fully saturated rings. The molecule has 130 valence electrons. The molecule has 1 amide bonds. The number of amides is 1. The summed E-state index contributed by atoms with van der Waals surface area (Å²) in [5.41, 5.74) is 12.3. The molecule has 26 heavy (non-hydrogen) atoms. The van der Waals surface area contributed by atoms with Crippen molar-refractivity contribution in [3.05, 3.63) is 54.7 Å². The van der Waals surface area contributed by atoms with E-state index in [2.05, 4.69) is 31.1 Å². The van der Waals surface area contributed by atoms with Crippen LogP contribution in [0.5, 0.6) is 0 Å². The molecule has 5 N–H and O–H groups in total. The van der Waals surface area contributed by atoms with Gasteiger partial charge in [0, 0.05) is 0 Å². The maximum Gasteiger partial charge on any atom is 0.305 e. The summed E-state index contributed by atoms with van der Waals surface area (Å²) in [6, 6.07) is 11.0. The molecule has 0 spiro atoms. The third kappa shape index (κ3) is 3.13. The molecule has 0 saturated heterocycles. The molecular weight excluding hydrogens is 354 g/mol. The Morgan fingerprint density at radius 2 is 1.96 bits per heavy atom. The lowest BCUT2D eigenvalue weighted by molar-refractivity contribution is 0.0935. The summed E-state index contributed by atoms with van der Waals surface area (Å²) in [5, 5.41) is 3.73. The number of carbonyl (C=O) groups is 1. The monoisotopic (exact) mass is 367 g/mol. The number of benzene rings is 1. The summed E-state index contributed by atoms with van der Waals surface area (Å²) in [6.07, 6.45) is 2.74. The first kappa shape index (κ1) is 15.8. The molecule has 3 heterocycles. The molecular formula is C16H13N7O2S. The second kappa shape index (κ2) is 6.69. The van der Waals surface area contributed by atoms with Gasteiger partial charge < -0.3 is 15.5 Å². The molecule has 1 aromatic carbocycles. The molecule has 4 aromatic rings. The molecule has 9 nitrogen and oxygen atoms in total. The zero-order valence-electron chi connectivity index (χ0n) is 13.3. The fraction of sp³-hybridized carbons (Fsp3) is 0. The number of fused-ring (bicyclic) bond motifs is 1. The lowest BCUT2D eigenvalue weighted by Crippen LogP contribution is -2.30. The number of furan rings is 1. The van der Waals surface area contributed by atoms with Gasteiger partial charge in [0.25, 0.3) is 0 Å². The van der Waals surface area contributed by atoms with Gasteiger partial charge in [0.15, 0.2) is 22.5 Å². The van der Waals surface area contributed by atoms with Gasteiger partial charge in [-0.25, -0.2) is 15.0 Å². The number of hydrogen-bond donors (Lipinski definition) is 4. The highest BCUT2D eigenvalue weighted by Crippen LogP contribution is 2.30. The number of rotatable bonds is 5. The first-order chi connectivity index (χ1) is 12.7. The van der Waals surface area contributed by atoms with Crippen molar-refractivity contribution in [3.8, 4) is 0 Å². The fourth-order valence-electron chi connectivity index (χ4n) is 2.21. The predicted molar refractivity (Wildman–Crippen MR) is 99.1 cm³/mol. The molecule has 3 aromatic heterocycles. The van der Waals surface area contributed by atoms with E-state index < -0.39 is 5.91 Å². The standard InChI is InChI=1S/C16H13N7O2S/c17-12-13(21-16-20-9-4-1-2-6-11(9)26-16)18-8-19-14(12)22-23-15(24)10-5-3-7-25-10/h1-8H,17H2,(H,23,24)(H2,18,19,20,21,22). The van der Waals surface area contributed by atoms with Crippen molar-refractivity contribution >= 4 is 49.9 Å². The lowest BCUT2D eigenvalue weighted by atomic mass is 10.3. The minimum absolute atomic E-state index is 0.165. The van der Waals surface area contributed by atoms with E-state index in [1.54, 1.807) is 12.1 Å². The summed E-state index contributed by atoms with van der Waals surface area (Å²) in [5.74, 6) is 0.351. The second-order valence-corrected chi connectivity index (χ2v) is 6.18. The Bertz CT molecular complexity index is 1030. The number of nitrogens with two attached hydrogens (primary N) is 1. The van der Waals surface area contributed by atoms with Crippen molar-refractivity contribution in [2.45, 2.75) is 0 Å². The van der Waals surface area contributed by atoms with Gasteiger partial charge in [-0.05, 0) is 24.3 Å². The van der Waals surface area contributed by atoms with Crippen LogP contribution in [-0.2, 0) is 0 Å². The molecule has 0 bridgehead atoms. The fourth-order valence-corrected chi connectivity index (χ4v) is 3.07. The predicted octanol–water partition coefficient (Wildman–Crippen LogP) is 2.76. The van der Waals surface area contributed by atoms with Crippen LogP contribution in [0.15, 0.2) is 53.4 Å². The van der Waals surface area contributed by atoms with E-state index in [-0.39, 0.29) is 17.3 Å². The maximum absolute atomic E-state index is 11.9. The zero-order chi connectivity index (χ0) is 17.9. The van der Waals surface area contributed by atoms with E-state index >= 15 is 0 Å². The number of nitrogen functional groups attached to an aromatic ring is 1. The third-order valence-electron chi connectivity index (χ3n) is 3.44. The number of aromatic nitrogens is 3. The maximum atomic E-state index is 11.9. The van der Waals surface area contributed by atoms with Gasteiger partial charge >= 0.3 is 5.91 Å². The van der Waals surface area contributed by atoms with Crippen LogP contribution in [0.2, 0.25) is 0 Å². The largest absolute Gasteiger partial charge is 0.459 e. The van der Waals surface area contributed by atoms with Crippen LogP contribution in [-0.4, -0.2) is 20.9 Å². The molecule has 0 saturated carbocycles. The van der Waals surface area contributed by atoms with Crippen molar-refractivity contribution < 1.29 is 9.21 Å². The number of nitrogens with one attached hydrogen (secondary N) is 3. The van der Waals surface area contributed by atoms with Gasteiger partial charge in [0.2, 0.25) is 0 Å². The topological polar surface area (TPSA) is 131 Å². The Morgan fingerprint density at radius 1 is 1.12 bits per heavy atom. The summed E-state index contributed by atoms with van der Waals surface area (Å²) in [7, 11) is 0. The van der Waals surface area contributed by atoms with Crippen LogP contribution in [0.25, 0.3) is 10.2 Å². The average Bonchev–Trinajstić information content (AvgIpc) is 3.31. The Labute approximate surface area is 151 Å². The molecule has 0 aliphatic heterocycles. The highest BCUT2D eigenvalue weighted by atomic mass is 32.1.